The molecular weight excluding hydrogens is 298 g/mol. The molecule has 0 aliphatic carbocycles. The molecule has 0 unspecified atom stereocenters. The summed E-state index contributed by atoms with van der Waals surface area (Å²) in [5.74, 6) is 0.471. The summed E-state index contributed by atoms with van der Waals surface area (Å²) < 4.78 is 10.1. The zero-order valence-electron chi connectivity index (χ0n) is 13.0. The molecule has 23 heavy (non-hydrogen) atoms. The summed E-state index contributed by atoms with van der Waals surface area (Å²) in [6.07, 6.45) is 0.563. The number of aromatic hydroxyl groups is 2. The van der Waals surface area contributed by atoms with E-state index >= 15 is 0 Å². The number of benzene rings is 2. The highest BCUT2D eigenvalue weighted by Crippen LogP contribution is 2.26. The van der Waals surface area contributed by atoms with Gasteiger partial charge in [0.25, 0.3) is 5.91 Å². The largest absolute Gasteiger partial charge is 0.507 e. The van der Waals surface area contributed by atoms with Crippen LogP contribution in [0.5, 0.6) is 23.0 Å². The first-order chi connectivity index (χ1) is 11.0. The van der Waals surface area contributed by atoms with Crippen molar-refractivity contribution in [3.63, 3.8) is 0 Å². The number of ether oxygens (including phenoxy) is 2. The van der Waals surface area contributed by atoms with Gasteiger partial charge < -0.3 is 25.0 Å². The van der Waals surface area contributed by atoms with Crippen molar-refractivity contribution in [2.45, 2.75) is 6.42 Å². The zero-order valence-corrected chi connectivity index (χ0v) is 13.0. The molecule has 0 heterocycles. The maximum absolute atomic E-state index is 12.1. The second-order valence-electron chi connectivity index (χ2n) is 4.90. The monoisotopic (exact) mass is 317 g/mol. The van der Waals surface area contributed by atoms with Gasteiger partial charge >= 0.3 is 0 Å². The number of phenols is 2. The Morgan fingerprint density at radius 1 is 1.04 bits per heavy atom. The minimum Gasteiger partial charge on any atom is -0.507 e. The zero-order chi connectivity index (χ0) is 16.8. The lowest BCUT2D eigenvalue weighted by Gasteiger charge is -2.09. The van der Waals surface area contributed by atoms with Crippen molar-refractivity contribution in [2.24, 2.45) is 0 Å². The number of carbonyl (C=O) groups is 1. The first kappa shape index (κ1) is 16.5. The van der Waals surface area contributed by atoms with Crippen LogP contribution in [0.4, 0.5) is 0 Å². The molecule has 0 fully saturated rings. The van der Waals surface area contributed by atoms with Gasteiger partial charge in [0.2, 0.25) is 0 Å². The highest BCUT2D eigenvalue weighted by atomic mass is 16.5. The molecule has 0 aliphatic heterocycles. The van der Waals surface area contributed by atoms with E-state index in [0.717, 1.165) is 5.56 Å². The van der Waals surface area contributed by atoms with Gasteiger partial charge in [0, 0.05) is 6.54 Å². The van der Waals surface area contributed by atoms with E-state index in [-0.39, 0.29) is 23.0 Å². The summed E-state index contributed by atoms with van der Waals surface area (Å²) in [5, 5.41) is 22.0. The normalized spacial score (nSPS) is 10.2. The van der Waals surface area contributed by atoms with Crippen LogP contribution in [0, 0.1) is 0 Å². The fourth-order valence-corrected chi connectivity index (χ4v) is 2.12. The Morgan fingerprint density at radius 3 is 2.48 bits per heavy atom. The van der Waals surface area contributed by atoms with Crippen molar-refractivity contribution >= 4 is 5.91 Å². The second kappa shape index (κ2) is 7.40. The third kappa shape index (κ3) is 4.06. The minimum absolute atomic E-state index is 0.0709. The van der Waals surface area contributed by atoms with Crippen LogP contribution in [0.15, 0.2) is 36.4 Å². The van der Waals surface area contributed by atoms with E-state index < -0.39 is 0 Å². The number of carbonyl (C=O) groups excluding carboxylic acids is 1. The molecule has 2 rings (SSSR count). The number of hydrogen-bond acceptors (Lipinski definition) is 5. The molecule has 2 aromatic rings. The molecule has 1 amide bonds. The summed E-state index contributed by atoms with van der Waals surface area (Å²) in [5.41, 5.74) is 1.07. The molecule has 0 saturated heterocycles. The molecular formula is C17H19NO5. The van der Waals surface area contributed by atoms with Gasteiger partial charge in [0.15, 0.2) is 11.5 Å². The Morgan fingerprint density at radius 2 is 1.78 bits per heavy atom. The summed E-state index contributed by atoms with van der Waals surface area (Å²) in [6, 6.07) is 9.49. The predicted octanol–water partition coefficient (Wildman–Crippen LogP) is 2.09. The van der Waals surface area contributed by atoms with Gasteiger partial charge in [-0.15, -0.1) is 0 Å². The third-order valence-electron chi connectivity index (χ3n) is 3.39. The Hall–Kier alpha value is -2.89. The average Bonchev–Trinajstić information content (AvgIpc) is 2.56. The van der Waals surface area contributed by atoms with Crippen molar-refractivity contribution in [3.8, 4) is 23.0 Å². The van der Waals surface area contributed by atoms with Crippen LogP contribution in [-0.4, -0.2) is 36.9 Å². The Kier molecular flexibility index (Phi) is 5.30. The van der Waals surface area contributed by atoms with Gasteiger partial charge in [-0.3, -0.25) is 4.79 Å². The summed E-state index contributed by atoms with van der Waals surface area (Å²) in [7, 11) is 2.97. The molecule has 0 aliphatic rings. The first-order valence-corrected chi connectivity index (χ1v) is 7.06. The van der Waals surface area contributed by atoms with Crippen LogP contribution >= 0.6 is 0 Å². The predicted molar refractivity (Wildman–Crippen MR) is 85.4 cm³/mol. The second-order valence-corrected chi connectivity index (χ2v) is 4.90. The topological polar surface area (TPSA) is 88.0 Å². The number of methoxy groups -OCH3 is 2. The minimum atomic E-state index is -0.382. The molecule has 2 aromatic carbocycles. The molecule has 6 heteroatoms. The van der Waals surface area contributed by atoms with E-state index in [2.05, 4.69) is 5.32 Å². The standard InChI is InChI=1S/C17H19NO5/c1-22-12-4-6-14(19)13(10-12)17(21)18-8-7-11-3-5-15(20)16(9-11)23-2/h3-6,9-10,19-20H,7-8H2,1-2H3,(H,18,21). The van der Waals surface area contributed by atoms with Gasteiger partial charge in [0.05, 0.1) is 19.8 Å². The number of rotatable bonds is 6. The highest BCUT2D eigenvalue weighted by molar-refractivity contribution is 5.97. The molecule has 0 saturated carbocycles. The van der Waals surface area contributed by atoms with Gasteiger partial charge in [0.1, 0.15) is 11.5 Å². The maximum Gasteiger partial charge on any atom is 0.255 e. The van der Waals surface area contributed by atoms with Crippen molar-refractivity contribution in [2.75, 3.05) is 20.8 Å². The smallest absolute Gasteiger partial charge is 0.255 e. The van der Waals surface area contributed by atoms with E-state index in [4.69, 9.17) is 9.47 Å². The van der Waals surface area contributed by atoms with Crippen LogP contribution in [0.3, 0.4) is 0 Å². The molecule has 0 bridgehead atoms. The van der Waals surface area contributed by atoms with E-state index in [1.165, 1.54) is 26.4 Å². The van der Waals surface area contributed by atoms with E-state index in [1.54, 1.807) is 24.3 Å². The Labute approximate surface area is 134 Å². The molecule has 0 radical (unpaired) electrons. The van der Waals surface area contributed by atoms with Gasteiger partial charge in [-0.05, 0) is 42.3 Å². The molecule has 6 nitrogen and oxygen atoms in total. The van der Waals surface area contributed by atoms with E-state index in [9.17, 15) is 15.0 Å². The molecule has 3 N–H and O–H groups in total. The SMILES string of the molecule is COc1ccc(O)c(C(=O)NCCc2ccc(O)c(OC)c2)c1. The number of hydrogen-bond donors (Lipinski definition) is 3. The van der Waals surface area contributed by atoms with Gasteiger partial charge in [-0.1, -0.05) is 6.07 Å². The van der Waals surface area contributed by atoms with Crippen LogP contribution in [0.25, 0.3) is 0 Å². The average molecular weight is 317 g/mol. The fraction of sp³-hybridized carbons (Fsp3) is 0.235. The Balaban J connectivity index is 1.97. The first-order valence-electron chi connectivity index (χ1n) is 7.06. The van der Waals surface area contributed by atoms with E-state index in [1.807, 2.05) is 0 Å². The lowest BCUT2D eigenvalue weighted by Crippen LogP contribution is -2.25. The number of phenolic OH excluding ortho intramolecular Hbond substituents is 2. The Bertz CT molecular complexity index is 699. The summed E-state index contributed by atoms with van der Waals surface area (Å²) in [6.45, 7) is 0.378. The van der Waals surface area contributed by atoms with Crippen molar-refractivity contribution in [3.05, 3.63) is 47.5 Å². The quantitative estimate of drug-likeness (QED) is 0.759. The number of nitrogens with one attached hydrogen (secondary N) is 1. The van der Waals surface area contributed by atoms with Crippen molar-refractivity contribution in [1.82, 2.24) is 5.32 Å². The van der Waals surface area contributed by atoms with Crippen LogP contribution in [0.1, 0.15) is 15.9 Å². The lowest BCUT2D eigenvalue weighted by atomic mass is 10.1. The molecule has 122 valence electrons. The van der Waals surface area contributed by atoms with Gasteiger partial charge in [-0.25, -0.2) is 0 Å². The summed E-state index contributed by atoms with van der Waals surface area (Å²) in [4.78, 5) is 12.1. The lowest BCUT2D eigenvalue weighted by molar-refractivity contribution is 0.0951. The van der Waals surface area contributed by atoms with Crippen molar-refractivity contribution in [1.29, 1.82) is 0 Å². The van der Waals surface area contributed by atoms with Gasteiger partial charge in [-0.2, -0.15) is 0 Å². The molecule has 0 atom stereocenters. The van der Waals surface area contributed by atoms with E-state index in [0.29, 0.717) is 24.5 Å². The third-order valence-corrected chi connectivity index (χ3v) is 3.39. The highest BCUT2D eigenvalue weighted by Gasteiger charge is 2.12. The fourth-order valence-electron chi connectivity index (χ4n) is 2.12. The maximum atomic E-state index is 12.1. The van der Waals surface area contributed by atoms with Crippen LogP contribution in [-0.2, 0) is 6.42 Å². The number of amides is 1. The molecule has 0 spiro atoms. The van der Waals surface area contributed by atoms with Crippen LogP contribution < -0.4 is 14.8 Å². The van der Waals surface area contributed by atoms with Crippen LogP contribution in [0.2, 0.25) is 0 Å². The van der Waals surface area contributed by atoms with Crippen molar-refractivity contribution < 1.29 is 24.5 Å². The summed E-state index contributed by atoms with van der Waals surface area (Å²) >= 11 is 0. The molecule has 0 aromatic heterocycles.